The van der Waals surface area contributed by atoms with E-state index in [1.807, 2.05) is 14.0 Å². The minimum absolute atomic E-state index is 0.000806. The molecule has 2 amide bonds. The molecule has 10 rings (SSSR count). The van der Waals surface area contributed by atoms with Crippen LogP contribution in [0.1, 0.15) is 71.3 Å². The lowest BCUT2D eigenvalue weighted by molar-refractivity contribution is 0.0316. The van der Waals surface area contributed by atoms with Crippen molar-refractivity contribution in [1.82, 2.24) is 34.7 Å². The lowest BCUT2D eigenvalue weighted by Gasteiger charge is -2.35. The Bertz CT molecular complexity index is 3060. The molecule has 76 heavy (non-hydrogen) atoms. The van der Waals surface area contributed by atoms with Crippen LogP contribution in [-0.2, 0) is 0 Å². The number of aromatic nitrogens is 2. The average Bonchev–Trinajstić information content (AvgIpc) is 4.36. The Morgan fingerprint density at radius 1 is 0.566 bits per heavy atom. The standard InChI is InChI=1S/C27H27Cl2F2N3O4.C26H26Cl2F2N4O4/c28-21-4-3-18(9-23(21)30)38-14-17(35)12-33-7-5-15(6-8-33)32-27(37)20-13-34(16-1-2-16)25-11-22(29)24(31)10-19(25)26(20)36;27-20-4-3-17(9-22(20)29)38-14-16(35)12-32-5-7-33(8-6-32)31-26(37)19-13-34(15-1-2-15)24-11-21(28)23(30)10-18(24)25(19)36/h3-4,9-11,13,15-17,35H,1-2,5-8,12,14H2,(H,32,37);3-4,9-11,13,15-16,35H,1-2,5-8,12,14H2,(H,31,37). The third-order valence-corrected chi connectivity index (χ3v) is 14.9. The van der Waals surface area contributed by atoms with Crippen LogP contribution in [0.15, 0.2) is 82.6 Å². The molecule has 0 spiro atoms. The van der Waals surface area contributed by atoms with E-state index in [4.69, 9.17) is 55.9 Å². The van der Waals surface area contributed by atoms with Gasteiger partial charge in [-0.1, -0.05) is 46.4 Å². The van der Waals surface area contributed by atoms with Crippen molar-refractivity contribution in [2.45, 2.75) is 68.9 Å². The van der Waals surface area contributed by atoms with Crippen molar-refractivity contribution in [1.29, 1.82) is 0 Å². The fourth-order valence-corrected chi connectivity index (χ4v) is 9.86. The monoisotopic (exact) mass is 1130 g/mol. The fraction of sp³-hybridized carbons (Fsp3) is 0.396. The molecule has 2 aromatic heterocycles. The molecule has 2 atom stereocenters. The van der Waals surface area contributed by atoms with Gasteiger partial charge in [0.25, 0.3) is 11.8 Å². The number of carbonyl (C=O) groups excluding carboxylic acids is 2. The van der Waals surface area contributed by atoms with E-state index in [2.05, 4.69) is 15.6 Å². The molecule has 6 aromatic rings. The van der Waals surface area contributed by atoms with Crippen LogP contribution in [0.2, 0.25) is 20.1 Å². The SMILES string of the molecule is O=C(NC1CCN(CC(O)COc2ccc(Cl)c(F)c2)CC1)c1cn(C2CC2)c2cc(Cl)c(F)cc2c1=O.O=C(NN1CCN(CC(O)COc2ccc(Cl)c(F)c2)CC1)c1cn(C2CC2)c2cc(Cl)c(F)cc2c1=O. The second-order valence-corrected chi connectivity index (χ2v) is 21.1. The summed E-state index contributed by atoms with van der Waals surface area (Å²) in [4.78, 5) is 56.4. The Balaban J connectivity index is 0.000000186. The van der Waals surface area contributed by atoms with E-state index >= 15 is 0 Å². The summed E-state index contributed by atoms with van der Waals surface area (Å²) >= 11 is 23.2. The number of β-amino-alcohol motifs (C(OH)–C–C–N with tert-alkyl or cyclic N) is 2. The van der Waals surface area contributed by atoms with Gasteiger partial charge in [-0.25, -0.2) is 22.6 Å². The van der Waals surface area contributed by atoms with Crippen LogP contribution in [0.25, 0.3) is 21.8 Å². The zero-order valence-electron chi connectivity index (χ0n) is 40.7. The van der Waals surface area contributed by atoms with Gasteiger partial charge < -0.3 is 39.0 Å². The zero-order chi connectivity index (χ0) is 53.9. The van der Waals surface area contributed by atoms with Crippen LogP contribution in [0.3, 0.4) is 0 Å². The third-order valence-electron chi connectivity index (χ3n) is 13.7. The number of nitrogens with one attached hydrogen (secondary N) is 2. The first-order valence-corrected chi connectivity index (χ1v) is 26.3. The highest BCUT2D eigenvalue weighted by molar-refractivity contribution is 6.32. The maximum absolute atomic E-state index is 14.1. The minimum atomic E-state index is -0.803. The first-order chi connectivity index (χ1) is 36.4. The first kappa shape index (κ1) is 55.3. The van der Waals surface area contributed by atoms with Crippen LogP contribution in [0.4, 0.5) is 17.6 Å². The molecule has 4 fully saturated rings. The number of likely N-dealkylation sites (tertiary alicyclic amines) is 1. The maximum atomic E-state index is 14.1. The number of aliphatic hydroxyl groups is 2. The fourth-order valence-electron chi connectivity index (χ4n) is 9.31. The quantitative estimate of drug-likeness (QED) is 0.0690. The Morgan fingerprint density at radius 2 is 0.987 bits per heavy atom. The van der Waals surface area contributed by atoms with Crippen LogP contribution < -0.4 is 31.1 Å². The molecule has 404 valence electrons. The summed E-state index contributed by atoms with van der Waals surface area (Å²) in [6, 6.07) is 13.4. The van der Waals surface area contributed by atoms with Crippen molar-refractivity contribution in [2.75, 3.05) is 65.6 Å². The van der Waals surface area contributed by atoms with Gasteiger partial charge in [-0.05, 0) is 87.1 Å². The first-order valence-electron chi connectivity index (χ1n) is 24.8. The average molecular weight is 1130 g/mol. The number of aliphatic hydroxyl groups excluding tert-OH is 2. The van der Waals surface area contributed by atoms with Gasteiger partial charge in [0, 0.05) is 106 Å². The molecule has 2 aliphatic heterocycles. The Kier molecular flexibility index (Phi) is 17.5. The summed E-state index contributed by atoms with van der Waals surface area (Å²) in [5.41, 5.74) is 2.68. The van der Waals surface area contributed by atoms with Crippen molar-refractivity contribution < 1.29 is 46.8 Å². The number of hydrogen-bond donors (Lipinski definition) is 4. The van der Waals surface area contributed by atoms with Crippen molar-refractivity contribution >= 4 is 80.0 Å². The number of rotatable bonds is 16. The summed E-state index contributed by atoms with van der Waals surface area (Å²) in [6.45, 7) is 3.99. The van der Waals surface area contributed by atoms with Crippen molar-refractivity contribution in [3.8, 4) is 11.5 Å². The smallest absolute Gasteiger partial charge is 0.271 e. The van der Waals surface area contributed by atoms with E-state index in [9.17, 15) is 47.0 Å². The number of hydrazine groups is 1. The third kappa shape index (κ3) is 13.4. The summed E-state index contributed by atoms with van der Waals surface area (Å²) in [5, 5.41) is 25.5. The Morgan fingerprint density at radius 3 is 1.42 bits per heavy atom. The van der Waals surface area contributed by atoms with E-state index in [-0.39, 0.29) is 84.8 Å². The number of ether oxygens (including phenoxy) is 2. The van der Waals surface area contributed by atoms with Crippen molar-refractivity contribution in [3.05, 3.63) is 148 Å². The lowest BCUT2D eigenvalue weighted by atomic mass is 10.0. The number of nitrogens with zero attached hydrogens (tertiary/aromatic N) is 5. The number of amides is 2. The van der Waals surface area contributed by atoms with Crippen LogP contribution in [0.5, 0.6) is 11.5 Å². The van der Waals surface area contributed by atoms with Crippen LogP contribution in [0, 0.1) is 23.3 Å². The predicted molar refractivity (Wildman–Crippen MR) is 281 cm³/mol. The molecule has 2 unspecified atom stereocenters. The maximum Gasteiger partial charge on any atom is 0.271 e. The molecule has 23 heteroatoms. The van der Waals surface area contributed by atoms with E-state index in [0.717, 1.165) is 43.9 Å². The number of piperidine rings is 1. The predicted octanol–water partition coefficient (Wildman–Crippen LogP) is 8.18. The number of carbonyl (C=O) groups is 2. The molecular formula is C53H53Cl4F4N7O8. The van der Waals surface area contributed by atoms with Crippen molar-refractivity contribution in [2.24, 2.45) is 0 Å². The van der Waals surface area contributed by atoms with Crippen LogP contribution >= 0.6 is 46.4 Å². The number of benzene rings is 4. The molecule has 4 aromatic carbocycles. The van der Waals surface area contributed by atoms with E-state index in [1.54, 1.807) is 11.2 Å². The van der Waals surface area contributed by atoms with Gasteiger partial charge in [0.15, 0.2) is 0 Å². The molecule has 4 heterocycles. The molecule has 0 radical (unpaired) electrons. The molecule has 15 nitrogen and oxygen atoms in total. The Hall–Kier alpha value is -5.48. The largest absolute Gasteiger partial charge is 0.491 e. The normalized spacial score (nSPS) is 17.5. The highest BCUT2D eigenvalue weighted by Gasteiger charge is 2.31. The molecule has 4 aliphatic rings. The summed E-state index contributed by atoms with van der Waals surface area (Å²) in [5.74, 6) is -3.07. The summed E-state index contributed by atoms with van der Waals surface area (Å²) in [7, 11) is 0. The summed E-state index contributed by atoms with van der Waals surface area (Å²) < 4.78 is 69.9. The van der Waals surface area contributed by atoms with E-state index in [0.29, 0.717) is 76.2 Å². The number of pyridine rings is 2. The van der Waals surface area contributed by atoms with Gasteiger partial charge >= 0.3 is 0 Å². The zero-order valence-corrected chi connectivity index (χ0v) is 43.8. The van der Waals surface area contributed by atoms with Gasteiger partial charge in [0.1, 0.15) is 71.3 Å². The molecular weight excluding hydrogens is 1080 g/mol. The molecule has 2 aliphatic carbocycles. The number of halogens is 8. The van der Waals surface area contributed by atoms with Gasteiger partial charge in [-0.15, -0.1) is 0 Å². The van der Waals surface area contributed by atoms with Gasteiger partial charge in [0.2, 0.25) is 10.9 Å². The topological polar surface area (TPSA) is 171 Å². The second kappa shape index (κ2) is 24.0. The lowest BCUT2D eigenvalue weighted by Crippen LogP contribution is -2.55. The molecule has 0 bridgehead atoms. The highest BCUT2D eigenvalue weighted by Crippen LogP contribution is 2.39. The van der Waals surface area contributed by atoms with Gasteiger partial charge in [0.05, 0.1) is 31.1 Å². The van der Waals surface area contributed by atoms with Crippen LogP contribution in [-0.4, -0.2) is 130 Å². The summed E-state index contributed by atoms with van der Waals surface area (Å²) in [6.07, 6.45) is 6.42. The number of fused-ring (bicyclic) bond motifs is 2. The van der Waals surface area contributed by atoms with Crippen molar-refractivity contribution in [3.63, 3.8) is 0 Å². The molecule has 2 saturated carbocycles. The molecule has 2 saturated heterocycles. The van der Waals surface area contributed by atoms with Gasteiger partial charge in [-0.3, -0.25) is 29.5 Å². The van der Waals surface area contributed by atoms with Gasteiger partial charge in [-0.2, -0.15) is 0 Å². The number of hydrogen-bond acceptors (Lipinski definition) is 11. The highest BCUT2D eigenvalue weighted by atomic mass is 35.5. The second-order valence-electron chi connectivity index (χ2n) is 19.4. The van der Waals surface area contributed by atoms with E-state index in [1.165, 1.54) is 48.7 Å². The van der Waals surface area contributed by atoms with E-state index < -0.39 is 58.1 Å². The number of piperazine rings is 1. The minimum Gasteiger partial charge on any atom is -0.491 e. The molecule has 4 N–H and O–H groups in total. The Labute approximate surface area is 453 Å².